The van der Waals surface area contributed by atoms with Gasteiger partial charge in [-0.05, 0) is 24.7 Å². The van der Waals surface area contributed by atoms with Gasteiger partial charge in [0.05, 0.1) is 6.04 Å². The Bertz CT molecular complexity index is 147. The third-order valence-electron chi connectivity index (χ3n) is 2.98. The van der Waals surface area contributed by atoms with Crippen LogP contribution in [0.3, 0.4) is 0 Å². The highest BCUT2D eigenvalue weighted by atomic mass is 16.3. The minimum absolute atomic E-state index is 0.134. The van der Waals surface area contributed by atoms with E-state index in [9.17, 15) is 4.91 Å². The summed E-state index contributed by atoms with van der Waals surface area (Å²) in [5.74, 6) is 1.45. The van der Waals surface area contributed by atoms with Crippen molar-refractivity contribution in [2.45, 2.75) is 52.0 Å². The van der Waals surface area contributed by atoms with Crippen molar-refractivity contribution < 1.29 is 0 Å². The minimum Gasteiger partial charge on any atom is -0.151 e. The first-order chi connectivity index (χ1) is 5.83. The first-order valence-electron chi connectivity index (χ1n) is 5.15. The molecule has 1 aliphatic rings. The average molecular weight is 169 g/mol. The fourth-order valence-corrected chi connectivity index (χ4v) is 1.97. The van der Waals surface area contributed by atoms with Crippen LogP contribution in [-0.2, 0) is 0 Å². The summed E-state index contributed by atoms with van der Waals surface area (Å²) in [7, 11) is 0. The zero-order valence-corrected chi connectivity index (χ0v) is 8.12. The van der Waals surface area contributed by atoms with Crippen molar-refractivity contribution in [3.8, 4) is 0 Å². The number of rotatable bonds is 6. The SMILES string of the molecule is CCCCC(N=O)C1CC1CC. The first-order valence-corrected chi connectivity index (χ1v) is 5.15. The summed E-state index contributed by atoms with van der Waals surface area (Å²) in [4.78, 5) is 10.5. The van der Waals surface area contributed by atoms with Gasteiger partial charge in [0.25, 0.3) is 0 Å². The molecule has 0 saturated heterocycles. The Labute approximate surface area is 74.7 Å². The Hall–Kier alpha value is -0.400. The monoisotopic (exact) mass is 169 g/mol. The Balaban J connectivity index is 2.22. The van der Waals surface area contributed by atoms with E-state index in [2.05, 4.69) is 19.0 Å². The molecule has 1 saturated carbocycles. The third kappa shape index (κ3) is 2.29. The molecule has 0 radical (unpaired) electrons. The van der Waals surface area contributed by atoms with Gasteiger partial charge in [-0.3, -0.25) is 0 Å². The van der Waals surface area contributed by atoms with Crippen LogP contribution in [0.15, 0.2) is 5.18 Å². The van der Waals surface area contributed by atoms with Gasteiger partial charge in [-0.25, -0.2) is 0 Å². The molecular formula is C10H19NO. The van der Waals surface area contributed by atoms with Gasteiger partial charge in [0.2, 0.25) is 0 Å². The van der Waals surface area contributed by atoms with Crippen molar-refractivity contribution in [3.05, 3.63) is 4.91 Å². The van der Waals surface area contributed by atoms with Crippen LogP contribution in [0, 0.1) is 16.7 Å². The lowest BCUT2D eigenvalue weighted by Crippen LogP contribution is -2.07. The van der Waals surface area contributed by atoms with E-state index in [-0.39, 0.29) is 6.04 Å². The molecular weight excluding hydrogens is 150 g/mol. The lowest BCUT2D eigenvalue weighted by molar-refractivity contribution is 0.491. The number of nitroso groups, excluding NO2 is 1. The van der Waals surface area contributed by atoms with E-state index < -0.39 is 0 Å². The van der Waals surface area contributed by atoms with Crippen LogP contribution >= 0.6 is 0 Å². The fraction of sp³-hybridized carbons (Fsp3) is 1.00. The topological polar surface area (TPSA) is 29.4 Å². The van der Waals surface area contributed by atoms with E-state index in [0.717, 1.165) is 18.8 Å². The van der Waals surface area contributed by atoms with Gasteiger partial charge >= 0.3 is 0 Å². The van der Waals surface area contributed by atoms with Crippen molar-refractivity contribution >= 4 is 0 Å². The maximum atomic E-state index is 10.5. The van der Waals surface area contributed by atoms with E-state index in [4.69, 9.17) is 0 Å². The molecule has 1 aliphatic carbocycles. The summed E-state index contributed by atoms with van der Waals surface area (Å²) >= 11 is 0. The molecule has 70 valence electrons. The smallest absolute Gasteiger partial charge is 0.0950 e. The first kappa shape index (κ1) is 9.69. The van der Waals surface area contributed by atoms with Gasteiger partial charge < -0.3 is 0 Å². The summed E-state index contributed by atoms with van der Waals surface area (Å²) in [6, 6.07) is 0.134. The molecule has 0 amide bonds. The van der Waals surface area contributed by atoms with E-state index in [0.29, 0.717) is 5.92 Å². The van der Waals surface area contributed by atoms with Crippen LogP contribution < -0.4 is 0 Å². The Morgan fingerprint density at radius 1 is 1.50 bits per heavy atom. The fourth-order valence-electron chi connectivity index (χ4n) is 1.97. The van der Waals surface area contributed by atoms with Gasteiger partial charge in [-0.2, -0.15) is 4.91 Å². The van der Waals surface area contributed by atoms with E-state index in [1.54, 1.807) is 0 Å². The summed E-state index contributed by atoms with van der Waals surface area (Å²) in [6.07, 6.45) is 5.82. The summed E-state index contributed by atoms with van der Waals surface area (Å²) in [5.41, 5.74) is 0. The van der Waals surface area contributed by atoms with Gasteiger partial charge in [0, 0.05) is 0 Å². The predicted molar refractivity (Wildman–Crippen MR) is 51.0 cm³/mol. The Kier molecular flexibility index (Phi) is 3.70. The van der Waals surface area contributed by atoms with Crippen LogP contribution in [0.5, 0.6) is 0 Å². The highest BCUT2D eigenvalue weighted by Crippen LogP contribution is 2.45. The van der Waals surface area contributed by atoms with Crippen molar-refractivity contribution in [1.82, 2.24) is 0 Å². The molecule has 0 aromatic rings. The highest BCUT2D eigenvalue weighted by Gasteiger charge is 2.41. The molecule has 1 rings (SSSR count). The molecule has 0 aromatic carbocycles. The van der Waals surface area contributed by atoms with Crippen molar-refractivity contribution in [2.24, 2.45) is 17.0 Å². The van der Waals surface area contributed by atoms with Crippen molar-refractivity contribution in [2.75, 3.05) is 0 Å². The van der Waals surface area contributed by atoms with Crippen LogP contribution in [0.1, 0.15) is 46.0 Å². The standard InChI is InChI=1S/C10H19NO/c1-3-5-6-10(11-12)9-7-8(9)4-2/h8-10H,3-7H2,1-2H3. The van der Waals surface area contributed by atoms with Gasteiger partial charge in [-0.1, -0.05) is 38.3 Å². The number of unbranched alkanes of at least 4 members (excludes halogenated alkanes) is 1. The molecule has 3 atom stereocenters. The largest absolute Gasteiger partial charge is 0.151 e. The number of hydrogen-bond acceptors (Lipinski definition) is 2. The highest BCUT2D eigenvalue weighted by molar-refractivity contribution is 4.93. The molecule has 0 aliphatic heterocycles. The summed E-state index contributed by atoms with van der Waals surface area (Å²) in [6.45, 7) is 4.36. The zero-order valence-electron chi connectivity index (χ0n) is 8.12. The molecule has 0 N–H and O–H groups in total. The molecule has 12 heavy (non-hydrogen) atoms. The van der Waals surface area contributed by atoms with Crippen LogP contribution in [-0.4, -0.2) is 6.04 Å². The molecule has 0 spiro atoms. The van der Waals surface area contributed by atoms with Crippen molar-refractivity contribution in [3.63, 3.8) is 0 Å². The average Bonchev–Trinajstić information content (AvgIpc) is 2.85. The molecule has 0 heterocycles. The van der Waals surface area contributed by atoms with Gasteiger partial charge in [0.1, 0.15) is 0 Å². The number of nitrogens with zero attached hydrogens (tertiary/aromatic N) is 1. The third-order valence-corrected chi connectivity index (χ3v) is 2.98. The number of hydrogen-bond donors (Lipinski definition) is 0. The lowest BCUT2D eigenvalue weighted by Gasteiger charge is -2.06. The summed E-state index contributed by atoms with van der Waals surface area (Å²) in [5, 5.41) is 3.24. The maximum Gasteiger partial charge on any atom is 0.0950 e. The second kappa shape index (κ2) is 4.58. The minimum atomic E-state index is 0.134. The predicted octanol–water partition coefficient (Wildman–Crippen LogP) is 3.36. The second-order valence-electron chi connectivity index (χ2n) is 3.88. The lowest BCUT2D eigenvalue weighted by atomic mass is 10.0. The molecule has 3 unspecified atom stereocenters. The molecule has 2 heteroatoms. The quantitative estimate of drug-likeness (QED) is 0.560. The van der Waals surface area contributed by atoms with Gasteiger partial charge in [-0.15, -0.1) is 0 Å². The second-order valence-corrected chi connectivity index (χ2v) is 3.88. The Morgan fingerprint density at radius 2 is 2.25 bits per heavy atom. The molecule has 1 fully saturated rings. The normalized spacial score (nSPS) is 29.8. The molecule has 0 aromatic heterocycles. The van der Waals surface area contributed by atoms with Gasteiger partial charge in [0.15, 0.2) is 0 Å². The van der Waals surface area contributed by atoms with Crippen LogP contribution in [0.25, 0.3) is 0 Å². The van der Waals surface area contributed by atoms with Crippen LogP contribution in [0.4, 0.5) is 0 Å². The molecule has 0 bridgehead atoms. The van der Waals surface area contributed by atoms with E-state index in [1.165, 1.54) is 19.3 Å². The van der Waals surface area contributed by atoms with E-state index >= 15 is 0 Å². The van der Waals surface area contributed by atoms with E-state index in [1.807, 2.05) is 0 Å². The Morgan fingerprint density at radius 3 is 2.67 bits per heavy atom. The van der Waals surface area contributed by atoms with Crippen LogP contribution in [0.2, 0.25) is 0 Å². The maximum absolute atomic E-state index is 10.5. The molecule has 2 nitrogen and oxygen atoms in total. The summed E-state index contributed by atoms with van der Waals surface area (Å²) < 4.78 is 0. The van der Waals surface area contributed by atoms with Crippen molar-refractivity contribution in [1.29, 1.82) is 0 Å². The zero-order chi connectivity index (χ0) is 8.97.